The number of benzene rings is 1. The first-order valence-corrected chi connectivity index (χ1v) is 5.39. The van der Waals surface area contributed by atoms with Crippen LogP contribution in [-0.2, 0) is 0 Å². The minimum atomic E-state index is -0.257. The second-order valence-corrected chi connectivity index (χ2v) is 3.91. The van der Waals surface area contributed by atoms with Crippen LogP contribution in [0.1, 0.15) is 15.9 Å². The average molecular weight is 248 g/mol. The Morgan fingerprint density at radius 1 is 1.24 bits per heavy atom. The van der Waals surface area contributed by atoms with Crippen LogP contribution < -0.4 is 5.32 Å². The van der Waals surface area contributed by atoms with E-state index in [9.17, 15) is 4.79 Å². The Bertz CT molecular complexity index is 540. The van der Waals surface area contributed by atoms with Crippen molar-refractivity contribution in [3.63, 3.8) is 0 Å². The van der Waals surface area contributed by atoms with Gasteiger partial charge in [0.15, 0.2) is 0 Å². The van der Waals surface area contributed by atoms with Crippen molar-refractivity contribution in [2.45, 2.75) is 6.92 Å². The summed E-state index contributed by atoms with van der Waals surface area (Å²) in [5, 5.41) is 2.86. The molecule has 0 fully saturated rings. The number of carbonyl (C=O) groups excluding carboxylic acids is 1. The van der Waals surface area contributed by atoms with E-state index in [1.807, 2.05) is 19.1 Å². The van der Waals surface area contributed by atoms with Gasteiger partial charge in [-0.15, -0.1) is 0 Å². The number of aryl methyl sites for hydroxylation is 1. The molecule has 0 radical (unpaired) electrons. The zero-order valence-electron chi connectivity index (χ0n) is 9.14. The van der Waals surface area contributed by atoms with Gasteiger partial charge >= 0.3 is 0 Å². The van der Waals surface area contributed by atoms with E-state index >= 15 is 0 Å². The molecule has 1 N–H and O–H groups in total. The summed E-state index contributed by atoms with van der Waals surface area (Å²) in [5.41, 5.74) is 1.65. The summed E-state index contributed by atoms with van der Waals surface area (Å²) in [6.45, 7) is 1.96. The average Bonchev–Trinajstić information content (AvgIpc) is 2.29. The van der Waals surface area contributed by atoms with Gasteiger partial charge in [-0.2, -0.15) is 0 Å². The molecule has 0 saturated heterocycles. The molecular weight excluding hydrogens is 238 g/mol. The highest BCUT2D eigenvalue weighted by atomic mass is 35.5. The van der Waals surface area contributed by atoms with E-state index in [2.05, 4.69) is 15.3 Å². The smallest absolute Gasteiger partial charge is 0.258 e. The van der Waals surface area contributed by atoms with Crippen molar-refractivity contribution in [2.24, 2.45) is 0 Å². The van der Waals surface area contributed by atoms with E-state index in [0.717, 1.165) is 5.56 Å². The number of halogens is 1. The van der Waals surface area contributed by atoms with Gasteiger partial charge in [-0.25, -0.2) is 9.97 Å². The minimum absolute atomic E-state index is 0.197. The molecule has 5 heteroatoms. The lowest BCUT2D eigenvalue weighted by molar-refractivity contribution is 0.102. The van der Waals surface area contributed by atoms with Gasteiger partial charge in [-0.1, -0.05) is 29.3 Å². The van der Waals surface area contributed by atoms with Crippen LogP contribution in [0.25, 0.3) is 0 Å². The first-order chi connectivity index (χ1) is 8.15. The lowest BCUT2D eigenvalue weighted by Crippen LogP contribution is -2.13. The number of nitrogens with one attached hydrogen (secondary N) is 1. The number of amides is 1. The van der Waals surface area contributed by atoms with Crippen LogP contribution in [0.4, 0.5) is 5.95 Å². The number of anilines is 1. The van der Waals surface area contributed by atoms with Gasteiger partial charge in [0, 0.05) is 11.8 Å². The van der Waals surface area contributed by atoms with Crippen molar-refractivity contribution in [1.82, 2.24) is 9.97 Å². The Morgan fingerprint density at radius 2 is 1.94 bits per heavy atom. The van der Waals surface area contributed by atoms with Crippen molar-refractivity contribution >= 4 is 23.5 Å². The predicted octanol–water partition coefficient (Wildman–Crippen LogP) is 2.69. The van der Waals surface area contributed by atoms with Gasteiger partial charge in [-0.05, 0) is 25.1 Å². The van der Waals surface area contributed by atoms with Crippen molar-refractivity contribution < 1.29 is 4.79 Å². The lowest BCUT2D eigenvalue weighted by Gasteiger charge is -2.03. The van der Waals surface area contributed by atoms with Crippen molar-refractivity contribution in [3.05, 3.63) is 52.8 Å². The van der Waals surface area contributed by atoms with Crippen molar-refractivity contribution in [1.29, 1.82) is 0 Å². The third-order valence-electron chi connectivity index (χ3n) is 2.16. The van der Waals surface area contributed by atoms with E-state index in [1.54, 1.807) is 18.2 Å². The molecule has 0 aliphatic rings. The maximum Gasteiger partial charge on any atom is 0.258 e. The molecule has 0 unspecified atom stereocenters. The van der Waals surface area contributed by atoms with Crippen molar-refractivity contribution in [2.75, 3.05) is 5.32 Å². The molecule has 86 valence electrons. The number of hydrogen-bond acceptors (Lipinski definition) is 3. The molecule has 0 spiro atoms. The second-order valence-electron chi connectivity index (χ2n) is 3.52. The predicted molar refractivity (Wildman–Crippen MR) is 66.2 cm³/mol. The summed E-state index contributed by atoms with van der Waals surface area (Å²) in [6, 6.07) is 8.77. The zero-order valence-corrected chi connectivity index (χ0v) is 9.90. The van der Waals surface area contributed by atoms with Crippen LogP contribution >= 0.6 is 11.6 Å². The standard InChI is InChI=1S/C12H10ClN3O/c1-8-2-4-9(5-3-8)11(17)16-12-14-7-6-10(13)15-12/h2-7H,1H3,(H,14,15,16,17). The number of nitrogens with zero attached hydrogens (tertiary/aromatic N) is 2. The van der Waals surface area contributed by atoms with Crippen LogP contribution in [0.5, 0.6) is 0 Å². The second kappa shape index (κ2) is 4.93. The highest BCUT2D eigenvalue weighted by Gasteiger charge is 2.07. The SMILES string of the molecule is Cc1ccc(C(=O)Nc2nccc(Cl)n2)cc1. The molecule has 17 heavy (non-hydrogen) atoms. The summed E-state index contributed by atoms with van der Waals surface area (Å²) in [5.74, 6) is -0.0599. The van der Waals surface area contributed by atoms with Crippen LogP contribution in [0.2, 0.25) is 5.15 Å². The maximum absolute atomic E-state index is 11.8. The lowest BCUT2D eigenvalue weighted by atomic mass is 10.1. The molecule has 1 amide bonds. The van der Waals surface area contributed by atoms with Gasteiger partial charge in [0.1, 0.15) is 5.15 Å². The van der Waals surface area contributed by atoms with Gasteiger partial charge in [-0.3, -0.25) is 10.1 Å². The molecule has 1 aromatic heterocycles. The summed E-state index contributed by atoms with van der Waals surface area (Å²) in [7, 11) is 0. The van der Waals surface area contributed by atoms with E-state index < -0.39 is 0 Å². The molecule has 0 aliphatic heterocycles. The van der Waals surface area contributed by atoms with Crippen LogP contribution in [0, 0.1) is 6.92 Å². The van der Waals surface area contributed by atoms with Crippen molar-refractivity contribution in [3.8, 4) is 0 Å². The molecule has 4 nitrogen and oxygen atoms in total. The number of aromatic nitrogens is 2. The molecule has 2 aromatic rings. The molecule has 0 atom stereocenters. The van der Waals surface area contributed by atoms with Crippen LogP contribution in [-0.4, -0.2) is 15.9 Å². The van der Waals surface area contributed by atoms with Crippen LogP contribution in [0.15, 0.2) is 36.5 Å². The Kier molecular flexibility index (Phi) is 3.35. The van der Waals surface area contributed by atoms with Gasteiger partial charge < -0.3 is 0 Å². The zero-order chi connectivity index (χ0) is 12.3. The fraction of sp³-hybridized carbons (Fsp3) is 0.0833. The summed E-state index contributed by atoms with van der Waals surface area (Å²) in [4.78, 5) is 19.6. The van der Waals surface area contributed by atoms with Gasteiger partial charge in [0.25, 0.3) is 5.91 Å². The van der Waals surface area contributed by atoms with E-state index in [-0.39, 0.29) is 11.9 Å². The molecule has 2 rings (SSSR count). The highest BCUT2D eigenvalue weighted by molar-refractivity contribution is 6.29. The van der Waals surface area contributed by atoms with E-state index in [0.29, 0.717) is 10.7 Å². The van der Waals surface area contributed by atoms with Crippen LogP contribution in [0.3, 0.4) is 0 Å². The Balaban J connectivity index is 2.14. The monoisotopic (exact) mass is 247 g/mol. The van der Waals surface area contributed by atoms with Gasteiger partial charge in [0.05, 0.1) is 0 Å². The maximum atomic E-state index is 11.8. The van der Waals surface area contributed by atoms with E-state index in [4.69, 9.17) is 11.6 Å². The van der Waals surface area contributed by atoms with Gasteiger partial charge in [0.2, 0.25) is 5.95 Å². The Morgan fingerprint density at radius 3 is 2.59 bits per heavy atom. The molecule has 1 heterocycles. The summed E-state index contributed by atoms with van der Waals surface area (Å²) >= 11 is 5.69. The Labute approximate surface area is 104 Å². The number of rotatable bonds is 2. The topological polar surface area (TPSA) is 54.9 Å². The fourth-order valence-corrected chi connectivity index (χ4v) is 1.41. The third-order valence-corrected chi connectivity index (χ3v) is 2.37. The minimum Gasteiger partial charge on any atom is -0.290 e. The normalized spacial score (nSPS) is 10.0. The number of carbonyl (C=O) groups is 1. The fourth-order valence-electron chi connectivity index (χ4n) is 1.28. The Hall–Kier alpha value is -1.94. The van der Waals surface area contributed by atoms with E-state index in [1.165, 1.54) is 6.20 Å². The first-order valence-electron chi connectivity index (χ1n) is 5.02. The molecular formula is C12H10ClN3O. The highest BCUT2D eigenvalue weighted by Crippen LogP contribution is 2.08. The molecule has 1 aromatic carbocycles. The largest absolute Gasteiger partial charge is 0.290 e. The summed E-state index contributed by atoms with van der Waals surface area (Å²) < 4.78 is 0. The first kappa shape index (κ1) is 11.5. The molecule has 0 bridgehead atoms. The third kappa shape index (κ3) is 3.01. The molecule has 0 saturated carbocycles. The molecule has 0 aliphatic carbocycles. The quantitative estimate of drug-likeness (QED) is 0.830. The number of hydrogen-bond donors (Lipinski definition) is 1. The summed E-state index contributed by atoms with van der Waals surface area (Å²) in [6.07, 6.45) is 1.49.